The number of carbonyl (C=O) groups excluding carboxylic acids is 1. The molecule has 0 saturated carbocycles. The molecule has 2 aromatic carbocycles. The molecule has 0 unspecified atom stereocenters. The van der Waals surface area contributed by atoms with E-state index in [9.17, 15) is 14.3 Å². The van der Waals surface area contributed by atoms with Crippen molar-refractivity contribution in [3.63, 3.8) is 0 Å². The van der Waals surface area contributed by atoms with Crippen LogP contribution in [-0.4, -0.2) is 11.0 Å². The SMILES string of the molecule is O=C(NCc1ccccc1F)c1cc(Cl)ccc1O. The van der Waals surface area contributed by atoms with Crippen LogP contribution in [0.2, 0.25) is 5.02 Å². The van der Waals surface area contributed by atoms with Gasteiger partial charge in [0.1, 0.15) is 11.6 Å². The van der Waals surface area contributed by atoms with Crippen LogP contribution in [0.25, 0.3) is 0 Å². The number of nitrogens with one attached hydrogen (secondary N) is 1. The van der Waals surface area contributed by atoms with Gasteiger partial charge in [-0.15, -0.1) is 0 Å². The number of phenolic OH excluding ortho intramolecular Hbond substituents is 1. The Morgan fingerprint density at radius 1 is 1.26 bits per heavy atom. The normalized spacial score (nSPS) is 10.2. The van der Waals surface area contributed by atoms with E-state index in [-0.39, 0.29) is 17.9 Å². The molecule has 0 heterocycles. The van der Waals surface area contributed by atoms with Crippen LogP contribution in [0.5, 0.6) is 5.75 Å². The number of amides is 1. The number of phenols is 1. The largest absolute Gasteiger partial charge is 0.507 e. The molecule has 2 aromatic rings. The van der Waals surface area contributed by atoms with Gasteiger partial charge in [-0.2, -0.15) is 0 Å². The molecule has 1 amide bonds. The summed E-state index contributed by atoms with van der Waals surface area (Å²) in [4.78, 5) is 11.9. The second-order valence-corrected chi connectivity index (χ2v) is 4.37. The third kappa shape index (κ3) is 3.23. The van der Waals surface area contributed by atoms with E-state index in [4.69, 9.17) is 11.6 Å². The van der Waals surface area contributed by atoms with Gasteiger partial charge in [0.05, 0.1) is 5.56 Å². The van der Waals surface area contributed by atoms with Gasteiger partial charge in [0.15, 0.2) is 0 Å². The fourth-order valence-electron chi connectivity index (χ4n) is 1.60. The first kappa shape index (κ1) is 13.4. The Balaban J connectivity index is 2.10. The molecular weight excluding hydrogens is 269 g/mol. The summed E-state index contributed by atoms with van der Waals surface area (Å²) in [6, 6.07) is 10.3. The van der Waals surface area contributed by atoms with Crippen LogP contribution >= 0.6 is 11.6 Å². The lowest BCUT2D eigenvalue weighted by atomic mass is 10.1. The lowest BCUT2D eigenvalue weighted by Crippen LogP contribution is -2.23. The molecule has 0 aliphatic rings. The third-order valence-electron chi connectivity index (χ3n) is 2.60. The summed E-state index contributed by atoms with van der Waals surface area (Å²) in [6.07, 6.45) is 0. The maximum Gasteiger partial charge on any atom is 0.255 e. The van der Waals surface area contributed by atoms with Crippen LogP contribution in [0, 0.1) is 5.82 Å². The molecule has 0 atom stereocenters. The second kappa shape index (κ2) is 5.71. The average molecular weight is 280 g/mol. The predicted octanol–water partition coefficient (Wildman–Crippen LogP) is 3.11. The van der Waals surface area contributed by atoms with Crippen molar-refractivity contribution >= 4 is 17.5 Å². The summed E-state index contributed by atoms with van der Waals surface area (Å²) >= 11 is 5.75. The predicted molar refractivity (Wildman–Crippen MR) is 70.7 cm³/mol. The molecule has 3 nitrogen and oxygen atoms in total. The zero-order valence-corrected chi connectivity index (χ0v) is 10.6. The molecular formula is C14H11ClFNO2. The number of benzene rings is 2. The molecule has 0 aromatic heterocycles. The molecule has 0 aliphatic carbocycles. The van der Waals surface area contributed by atoms with E-state index in [1.54, 1.807) is 18.2 Å². The highest BCUT2D eigenvalue weighted by Gasteiger charge is 2.12. The van der Waals surface area contributed by atoms with Gasteiger partial charge in [-0.25, -0.2) is 4.39 Å². The summed E-state index contributed by atoms with van der Waals surface area (Å²) in [7, 11) is 0. The van der Waals surface area contributed by atoms with E-state index in [1.807, 2.05) is 0 Å². The molecule has 19 heavy (non-hydrogen) atoms. The summed E-state index contributed by atoms with van der Waals surface area (Å²) in [5.41, 5.74) is 0.432. The van der Waals surface area contributed by atoms with Crippen molar-refractivity contribution in [3.05, 3.63) is 64.4 Å². The Morgan fingerprint density at radius 2 is 2.00 bits per heavy atom. The Morgan fingerprint density at radius 3 is 2.74 bits per heavy atom. The van der Waals surface area contributed by atoms with Crippen LogP contribution < -0.4 is 5.32 Å². The van der Waals surface area contributed by atoms with Crippen molar-refractivity contribution < 1.29 is 14.3 Å². The molecule has 0 spiro atoms. The molecule has 98 valence electrons. The molecule has 0 bridgehead atoms. The van der Waals surface area contributed by atoms with Crippen LogP contribution in [0.4, 0.5) is 4.39 Å². The smallest absolute Gasteiger partial charge is 0.255 e. The van der Waals surface area contributed by atoms with E-state index < -0.39 is 11.7 Å². The monoisotopic (exact) mass is 279 g/mol. The molecule has 0 saturated heterocycles. The topological polar surface area (TPSA) is 49.3 Å². The molecule has 0 fully saturated rings. The van der Waals surface area contributed by atoms with Gasteiger partial charge in [0.2, 0.25) is 0 Å². The molecule has 0 radical (unpaired) electrons. The summed E-state index contributed by atoms with van der Waals surface area (Å²) in [5.74, 6) is -1.07. The maximum atomic E-state index is 13.4. The lowest BCUT2D eigenvalue weighted by Gasteiger charge is -2.08. The highest BCUT2D eigenvalue weighted by Crippen LogP contribution is 2.21. The summed E-state index contributed by atoms with van der Waals surface area (Å²) < 4.78 is 13.4. The molecule has 0 aliphatic heterocycles. The van der Waals surface area contributed by atoms with Crippen molar-refractivity contribution in [3.8, 4) is 5.75 Å². The standard InChI is InChI=1S/C14H11ClFNO2/c15-10-5-6-13(18)11(7-10)14(19)17-8-9-3-1-2-4-12(9)16/h1-7,18H,8H2,(H,17,19). The fourth-order valence-corrected chi connectivity index (χ4v) is 1.77. The zero-order chi connectivity index (χ0) is 13.8. The van der Waals surface area contributed by atoms with Gasteiger partial charge in [-0.3, -0.25) is 4.79 Å². The van der Waals surface area contributed by atoms with Crippen molar-refractivity contribution in [1.82, 2.24) is 5.32 Å². The highest BCUT2D eigenvalue weighted by molar-refractivity contribution is 6.31. The average Bonchev–Trinajstić information content (AvgIpc) is 2.40. The van der Waals surface area contributed by atoms with E-state index in [0.29, 0.717) is 10.6 Å². The van der Waals surface area contributed by atoms with E-state index >= 15 is 0 Å². The van der Waals surface area contributed by atoms with Crippen LogP contribution in [0.3, 0.4) is 0 Å². The number of rotatable bonds is 3. The number of hydrogen-bond donors (Lipinski definition) is 2. The third-order valence-corrected chi connectivity index (χ3v) is 2.84. The molecule has 2 rings (SSSR count). The number of hydrogen-bond acceptors (Lipinski definition) is 2. The molecule has 5 heteroatoms. The Labute approximate surface area is 114 Å². The number of carbonyl (C=O) groups is 1. The van der Waals surface area contributed by atoms with Gasteiger partial charge >= 0.3 is 0 Å². The van der Waals surface area contributed by atoms with Crippen molar-refractivity contribution in [2.45, 2.75) is 6.54 Å². The molecule has 2 N–H and O–H groups in total. The van der Waals surface area contributed by atoms with Gasteiger partial charge in [-0.05, 0) is 24.3 Å². The van der Waals surface area contributed by atoms with E-state index in [2.05, 4.69) is 5.32 Å². The first-order chi connectivity index (χ1) is 9.08. The summed E-state index contributed by atoms with van der Waals surface area (Å²) in [5, 5.41) is 12.4. The van der Waals surface area contributed by atoms with Crippen molar-refractivity contribution in [2.24, 2.45) is 0 Å². The van der Waals surface area contributed by atoms with E-state index in [1.165, 1.54) is 24.3 Å². The van der Waals surface area contributed by atoms with Gasteiger partial charge < -0.3 is 10.4 Å². The van der Waals surface area contributed by atoms with Crippen LogP contribution in [-0.2, 0) is 6.54 Å². The lowest BCUT2D eigenvalue weighted by molar-refractivity contribution is 0.0948. The van der Waals surface area contributed by atoms with Crippen LogP contribution in [0.15, 0.2) is 42.5 Å². The zero-order valence-electron chi connectivity index (χ0n) is 9.86. The first-order valence-electron chi connectivity index (χ1n) is 5.58. The Bertz CT molecular complexity index is 616. The number of aromatic hydroxyl groups is 1. The number of halogens is 2. The van der Waals surface area contributed by atoms with Crippen LogP contribution in [0.1, 0.15) is 15.9 Å². The van der Waals surface area contributed by atoms with Gasteiger partial charge in [0.25, 0.3) is 5.91 Å². The highest BCUT2D eigenvalue weighted by atomic mass is 35.5. The fraction of sp³-hybridized carbons (Fsp3) is 0.0714. The Hall–Kier alpha value is -2.07. The van der Waals surface area contributed by atoms with Crippen molar-refractivity contribution in [1.29, 1.82) is 0 Å². The maximum absolute atomic E-state index is 13.4. The second-order valence-electron chi connectivity index (χ2n) is 3.94. The van der Waals surface area contributed by atoms with E-state index in [0.717, 1.165) is 0 Å². The minimum atomic E-state index is -0.511. The van der Waals surface area contributed by atoms with Crippen molar-refractivity contribution in [2.75, 3.05) is 0 Å². The quantitative estimate of drug-likeness (QED) is 0.907. The summed E-state index contributed by atoms with van der Waals surface area (Å²) in [6.45, 7) is 0.0391. The Kier molecular flexibility index (Phi) is 4.02. The minimum Gasteiger partial charge on any atom is -0.507 e. The van der Waals surface area contributed by atoms with Gasteiger partial charge in [0, 0.05) is 17.1 Å². The van der Waals surface area contributed by atoms with Gasteiger partial charge in [-0.1, -0.05) is 29.8 Å². The first-order valence-corrected chi connectivity index (χ1v) is 5.96. The minimum absolute atomic E-state index is 0.0391.